The van der Waals surface area contributed by atoms with Crippen LogP contribution in [0.2, 0.25) is 0 Å². The molecule has 6 heteroatoms. The molecule has 0 unspecified atom stereocenters. The zero-order valence-corrected chi connectivity index (χ0v) is 10.2. The molecular weight excluding hydrogens is 253 g/mol. The Morgan fingerprint density at radius 1 is 1.50 bits per heavy atom. The van der Waals surface area contributed by atoms with Crippen molar-refractivity contribution in [2.45, 2.75) is 6.54 Å². The Hall–Kier alpha value is -2.08. The first-order valence-corrected chi connectivity index (χ1v) is 5.58. The Morgan fingerprint density at radius 3 is 2.94 bits per heavy atom. The van der Waals surface area contributed by atoms with E-state index in [-0.39, 0.29) is 16.2 Å². The fourth-order valence-electron chi connectivity index (χ4n) is 1.56. The molecule has 92 valence electrons. The monoisotopic (exact) mass is 263 g/mol. The van der Waals surface area contributed by atoms with Gasteiger partial charge in [-0.05, 0) is 23.8 Å². The largest absolute Gasteiger partial charge is 0.389 e. The molecule has 1 aromatic carbocycles. The molecule has 0 aliphatic heterocycles. The van der Waals surface area contributed by atoms with Gasteiger partial charge in [0.25, 0.3) is 0 Å². The van der Waals surface area contributed by atoms with Crippen molar-refractivity contribution in [1.82, 2.24) is 9.55 Å². The van der Waals surface area contributed by atoms with Crippen LogP contribution in [-0.2, 0) is 6.54 Å². The van der Waals surface area contributed by atoms with Crippen molar-refractivity contribution in [1.29, 1.82) is 0 Å². The maximum Gasteiger partial charge on any atom is 0.347 e. The highest BCUT2D eigenvalue weighted by Gasteiger charge is 2.07. The van der Waals surface area contributed by atoms with Gasteiger partial charge in [-0.15, -0.1) is 0 Å². The summed E-state index contributed by atoms with van der Waals surface area (Å²) in [7, 11) is 0. The smallest absolute Gasteiger partial charge is 0.347 e. The van der Waals surface area contributed by atoms with Crippen LogP contribution in [0.1, 0.15) is 11.1 Å². The van der Waals surface area contributed by atoms with Gasteiger partial charge in [-0.1, -0.05) is 18.3 Å². The van der Waals surface area contributed by atoms with Crippen molar-refractivity contribution in [3.63, 3.8) is 0 Å². The van der Waals surface area contributed by atoms with E-state index in [0.717, 1.165) is 5.56 Å². The highest BCUT2D eigenvalue weighted by Crippen LogP contribution is 2.11. The molecule has 0 bridgehead atoms. The lowest BCUT2D eigenvalue weighted by molar-refractivity contribution is 0.623. The van der Waals surface area contributed by atoms with Crippen LogP contribution in [0.15, 0.2) is 41.5 Å². The second-order valence-corrected chi connectivity index (χ2v) is 4.15. The van der Waals surface area contributed by atoms with Gasteiger partial charge in [0.1, 0.15) is 10.8 Å². The maximum absolute atomic E-state index is 13.4. The first-order valence-electron chi connectivity index (χ1n) is 5.17. The van der Waals surface area contributed by atoms with Crippen molar-refractivity contribution in [3.8, 4) is 0 Å². The topological polar surface area (TPSA) is 60.9 Å². The highest BCUT2D eigenvalue weighted by atomic mass is 32.1. The molecule has 18 heavy (non-hydrogen) atoms. The van der Waals surface area contributed by atoms with Crippen LogP contribution in [0, 0.1) is 5.82 Å². The molecule has 4 nitrogen and oxygen atoms in total. The first-order chi connectivity index (χ1) is 8.58. The summed E-state index contributed by atoms with van der Waals surface area (Å²) >= 11 is 4.76. The highest BCUT2D eigenvalue weighted by molar-refractivity contribution is 7.80. The zero-order valence-electron chi connectivity index (χ0n) is 9.34. The van der Waals surface area contributed by atoms with Gasteiger partial charge in [0.15, 0.2) is 0 Å². The third kappa shape index (κ3) is 2.60. The van der Waals surface area contributed by atoms with E-state index in [1.54, 1.807) is 18.3 Å². The fraction of sp³-hybridized carbons (Fsp3) is 0.0833. The number of benzene rings is 1. The lowest BCUT2D eigenvalue weighted by Gasteiger charge is -2.07. The number of aromatic nitrogens is 2. The molecule has 2 N–H and O–H groups in total. The number of hydrogen-bond donors (Lipinski definition) is 1. The number of nitrogens with two attached hydrogens (primary N) is 1. The Balaban J connectivity index is 2.36. The van der Waals surface area contributed by atoms with Crippen LogP contribution >= 0.6 is 12.2 Å². The molecule has 1 heterocycles. The Labute approximate surface area is 108 Å². The van der Waals surface area contributed by atoms with Crippen molar-refractivity contribution in [3.05, 3.63) is 64.1 Å². The maximum atomic E-state index is 13.4. The summed E-state index contributed by atoms with van der Waals surface area (Å²) < 4.78 is 14.8. The standard InChI is InChI=1S/C12H10FN3OS/c13-10-3-2-8(6-9(10)11(14)18)7-16-5-1-4-15-12(16)17/h1-6H,7H2,(H2,14,18). The van der Waals surface area contributed by atoms with Gasteiger partial charge in [-0.3, -0.25) is 4.57 Å². The van der Waals surface area contributed by atoms with E-state index < -0.39 is 5.82 Å². The van der Waals surface area contributed by atoms with E-state index in [0.29, 0.717) is 6.54 Å². The summed E-state index contributed by atoms with van der Waals surface area (Å²) in [4.78, 5) is 15.1. The van der Waals surface area contributed by atoms with Gasteiger partial charge >= 0.3 is 5.69 Å². The van der Waals surface area contributed by atoms with Gasteiger partial charge in [0, 0.05) is 18.0 Å². The Morgan fingerprint density at radius 2 is 2.28 bits per heavy atom. The zero-order chi connectivity index (χ0) is 13.1. The second-order valence-electron chi connectivity index (χ2n) is 3.71. The average Bonchev–Trinajstić information content (AvgIpc) is 2.34. The lowest BCUT2D eigenvalue weighted by Crippen LogP contribution is -2.22. The molecular formula is C12H10FN3OS. The van der Waals surface area contributed by atoms with Crippen molar-refractivity contribution >= 4 is 17.2 Å². The van der Waals surface area contributed by atoms with E-state index in [1.165, 1.54) is 22.9 Å². The number of thiocarbonyl (C=S) groups is 1. The van der Waals surface area contributed by atoms with Gasteiger partial charge < -0.3 is 5.73 Å². The molecule has 0 aliphatic carbocycles. The SMILES string of the molecule is NC(=S)c1cc(Cn2cccnc2=O)ccc1F. The van der Waals surface area contributed by atoms with Crippen LogP contribution < -0.4 is 11.4 Å². The summed E-state index contributed by atoms with van der Waals surface area (Å²) in [5.41, 5.74) is 5.97. The third-order valence-electron chi connectivity index (χ3n) is 2.43. The van der Waals surface area contributed by atoms with Crippen LogP contribution in [-0.4, -0.2) is 14.5 Å². The van der Waals surface area contributed by atoms with E-state index in [2.05, 4.69) is 4.98 Å². The van der Waals surface area contributed by atoms with Gasteiger partial charge in [-0.25, -0.2) is 14.2 Å². The quantitative estimate of drug-likeness (QED) is 0.841. The lowest BCUT2D eigenvalue weighted by atomic mass is 10.1. The molecule has 0 amide bonds. The van der Waals surface area contributed by atoms with E-state index in [9.17, 15) is 9.18 Å². The minimum atomic E-state index is -0.468. The number of hydrogen-bond acceptors (Lipinski definition) is 3. The van der Waals surface area contributed by atoms with Gasteiger partial charge in [-0.2, -0.15) is 0 Å². The third-order valence-corrected chi connectivity index (χ3v) is 2.65. The summed E-state index contributed by atoms with van der Waals surface area (Å²) in [6.45, 7) is 0.294. The minimum absolute atomic E-state index is 0.00659. The van der Waals surface area contributed by atoms with Crippen LogP contribution in [0.5, 0.6) is 0 Å². The van der Waals surface area contributed by atoms with Gasteiger partial charge in [0.05, 0.1) is 6.54 Å². The van der Waals surface area contributed by atoms with Crippen LogP contribution in [0.25, 0.3) is 0 Å². The molecule has 2 rings (SSSR count). The van der Waals surface area contributed by atoms with Gasteiger partial charge in [0.2, 0.25) is 0 Å². The molecule has 0 saturated heterocycles. The normalized spacial score (nSPS) is 10.3. The number of nitrogens with zero attached hydrogens (tertiary/aromatic N) is 2. The Bertz CT molecular complexity index is 654. The van der Waals surface area contributed by atoms with Crippen molar-refractivity contribution < 1.29 is 4.39 Å². The average molecular weight is 263 g/mol. The summed E-state index contributed by atoms with van der Waals surface area (Å²) in [6.07, 6.45) is 3.03. The number of rotatable bonds is 3. The molecule has 0 spiro atoms. The van der Waals surface area contributed by atoms with Crippen LogP contribution in [0.3, 0.4) is 0 Å². The first kappa shape index (κ1) is 12.4. The minimum Gasteiger partial charge on any atom is -0.389 e. The summed E-state index contributed by atoms with van der Waals surface area (Å²) in [5.74, 6) is -0.468. The molecule has 1 aromatic heterocycles. The molecule has 0 fully saturated rings. The Kier molecular flexibility index (Phi) is 3.47. The molecule has 0 aliphatic rings. The molecule has 0 atom stereocenters. The van der Waals surface area contributed by atoms with E-state index in [4.69, 9.17) is 18.0 Å². The molecule has 2 aromatic rings. The van der Waals surface area contributed by atoms with Crippen molar-refractivity contribution in [2.24, 2.45) is 5.73 Å². The predicted molar refractivity (Wildman–Crippen MR) is 69.9 cm³/mol. The second kappa shape index (κ2) is 5.05. The number of halogens is 1. The van der Waals surface area contributed by atoms with E-state index in [1.807, 2.05) is 0 Å². The summed E-state index contributed by atoms with van der Waals surface area (Å²) in [5, 5.41) is 0. The molecule has 0 saturated carbocycles. The van der Waals surface area contributed by atoms with Crippen LogP contribution in [0.4, 0.5) is 4.39 Å². The fourth-order valence-corrected chi connectivity index (χ4v) is 1.72. The summed E-state index contributed by atoms with van der Waals surface area (Å²) in [6, 6.07) is 6.05. The van der Waals surface area contributed by atoms with Crippen molar-refractivity contribution in [2.75, 3.05) is 0 Å². The van der Waals surface area contributed by atoms with E-state index >= 15 is 0 Å². The predicted octanol–water partition coefficient (Wildman–Crippen LogP) is 1.06. The molecule has 0 radical (unpaired) electrons.